The molecule has 1 N–H and O–H groups in total. The Morgan fingerprint density at radius 3 is 2.65 bits per heavy atom. The maximum atomic E-state index is 3.55. The number of likely N-dealkylation sites (tertiary alicyclic amines) is 1. The summed E-state index contributed by atoms with van der Waals surface area (Å²) in [5.74, 6) is 3.07. The molecule has 2 heteroatoms. The van der Waals surface area contributed by atoms with E-state index in [1.54, 1.807) is 0 Å². The van der Waals surface area contributed by atoms with E-state index in [4.69, 9.17) is 0 Å². The molecule has 3 rings (SSSR count). The summed E-state index contributed by atoms with van der Waals surface area (Å²) in [5.41, 5.74) is 0. The Morgan fingerprint density at radius 1 is 0.941 bits per heavy atom. The second-order valence-corrected chi connectivity index (χ2v) is 6.57. The van der Waals surface area contributed by atoms with Crippen LogP contribution in [0.2, 0.25) is 0 Å². The molecule has 98 valence electrons. The SMILES string of the molecule is C1CNCC(CN2CCC3CCCCC3C2)C1. The van der Waals surface area contributed by atoms with E-state index in [2.05, 4.69) is 10.2 Å². The summed E-state index contributed by atoms with van der Waals surface area (Å²) in [7, 11) is 0. The summed E-state index contributed by atoms with van der Waals surface area (Å²) in [6.07, 6.45) is 10.4. The van der Waals surface area contributed by atoms with Crippen LogP contribution in [0.15, 0.2) is 0 Å². The van der Waals surface area contributed by atoms with Gasteiger partial charge in [-0.05, 0) is 63.1 Å². The van der Waals surface area contributed by atoms with E-state index >= 15 is 0 Å². The molecule has 0 aromatic rings. The van der Waals surface area contributed by atoms with Crippen LogP contribution in [0.25, 0.3) is 0 Å². The first-order valence-electron chi connectivity index (χ1n) is 7.85. The van der Waals surface area contributed by atoms with Crippen molar-refractivity contribution in [3.8, 4) is 0 Å². The van der Waals surface area contributed by atoms with E-state index in [9.17, 15) is 0 Å². The Hall–Kier alpha value is -0.0800. The van der Waals surface area contributed by atoms with Crippen LogP contribution in [0.4, 0.5) is 0 Å². The van der Waals surface area contributed by atoms with Gasteiger partial charge in [-0.1, -0.05) is 19.3 Å². The van der Waals surface area contributed by atoms with E-state index in [0.717, 1.165) is 17.8 Å². The number of hydrogen-bond donors (Lipinski definition) is 1. The fourth-order valence-electron chi connectivity index (χ4n) is 4.29. The van der Waals surface area contributed by atoms with Crippen molar-refractivity contribution in [3.63, 3.8) is 0 Å². The van der Waals surface area contributed by atoms with Gasteiger partial charge in [0.25, 0.3) is 0 Å². The quantitative estimate of drug-likeness (QED) is 0.792. The van der Waals surface area contributed by atoms with Gasteiger partial charge in [-0.15, -0.1) is 0 Å². The lowest BCUT2D eigenvalue weighted by Gasteiger charge is -2.42. The van der Waals surface area contributed by atoms with E-state index < -0.39 is 0 Å². The summed E-state index contributed by atoms with van der Waals surface area (Å²) in [4.78, 5) is 2.78. The fourth-order valence-corrected chi connectivity index (χ4v) is 4.29. The predicted molar refractivity (Wildman–Crippen MR) is 72.1 cm³/mol. The Balaban J connectivity index is 1.48. The highest BCUT2D eigenvalue weighted by atomic mass is 15.1. The second kappa shape index (κ2) is 5.71. The molecule has 3 aliphatic rings. The summed E-state index contributed by atoms with van der Waals surface area (Å²) < 4.78 is 0. The summed E-state index contributed by atoms with van der Waals surface area (Å²) in [5, 5.41) is 3.55. The van der Waals surface area contributed by atoms with Crippen LogP contribution in [-0.2, 0) is 0 Å². The minimum atomic E-state index is 0.934. The predicted octanol–water partition coefficient (Wildman–Crippen LogP) is 2.50. The van der Waals surface area contributed by atoms with E-state index in [1.165, 1.54) is 77.7 Å². The molecule has 3 fully saturated rings. The molecule has 3 atom stereocenters. The third-order valence-electron chi connectivity index (χ3n) is 5.29. The molecule has 0 aromatic heterocycles. The maximum Gasteiger partial charge on any atom is 0.00219 e. The zero-order valence-electron chi connectivity index (χ0n) is 11.2. The van der Waals surface area contributed by atoms with Crippen molar-refractivity contribution in [1.82, 2.24) is 10.2 Å². The lowest BCUT2D eigenvalue weighted by Crippen LogP contribution is -2.45. The van der Waals surface area contributed by atoms with Crippen LogP contribution in [0, 0.1) is 17.8 Å². The average molecular weight is 236 g/mol. The lowest BCUT2D eigenvalue weighted by molar-refractivity contribution is 0.0722. The fraction of sp³-hybridized carbons (Fsp3) is 1.00. The molecule has 3 unspecified atom stereocenters. The van der Waals surface area contributed by atoms with Gasteiger partial charge < -0.3 is 10.2 Å². The molecule has 2 nitrogen and oxygen atoms in total. The first-order valence-corrected chi connectivity index (χ1v) is 7.85. The molecule has 2 heterocycles. The molecule has 2 aliphatic heterocycles. The highest BCUT2D eigenvalue weighted by Crippen LogP contribution is 2.36. The molecule has 0 aromatic carbocycles. The Morgan fingerprint density at radius 2 is 1.82 bits per heavy atom. The van der Waals surface area contributed by atoms with Gasteiger partial charge in [0.05, 0.1) is 0 Å². The zero-order chi connectivity index (χ0) is 11.5. The molecular formula is C15H28N2. The van der Waals surface area contributed by atoms with Crippen molar-refractivity contribution in [1.29, 1.82) is 0 Å². The van der Waals surface area contributed by atoms with Gasteiger partial charge in [-0.3, -0.25) is 0 Å². The van der Waals surface area contributed by atoms with Crippen molar-refractivity contribution in [2.45, 2.75) is 44.9 Å². The van der Waals surface area contributed by atoms with Crippen LogP contribution in [0.3, 0.4) is 0 Å². The minimum Gasteiger partial charge on any atom is -0.316 e. The highest BCUT2D eigenvalue weighted by molar-refractivity contribution is 4.85. The molecule has 2 saturated heterocycles. The third-order valence-corrected chi connectivity index (χ3v) is 5.29. The Bertz CT molecular complexity index is 233. The zero-order valence-corrected chi connectivity index (χ0v) is 11.2. The standard InChI is InChI=1S/C15H28N2/c1-2-6-15-12-17(9-7-14(15)5-1)11-13-4-3-8-16-10-13/h13-16H,1-12H2. The van der Waals surface area contributed by atoms with Gasteiger partial charge >= 0.3 is 0 Å². The van der Waals surface area contributed by atoms with Crippen LogP contribution < -0.4 is 5.32 Å². The van der Waals surface area contributed by atoms with Crippen LogP contribution in [0.5, 0.6) is 0 Å². The smallest absolute Gasteiger partial charge is 0.00219 e. The van der Waals surface area contributed by atoms with Crippen LogP contribution >= 0.6 is 0 Å². The lowest BCUT2D eigenvalue weighted by atomic mass is 9.75. The van der Waals surface area contributed by atoms with Crippen LogP contribution in [-0.4, -0.2) is 37.6 Å². The van der Waals surface area contributed by atoms with E-state index in [-0.39, 0.29) is 0 Å². The molecular weight excluding hydrogens is 208 g/mol. The van der Waals surface area contributed by atoms with E-state index in [1.807, 2.05) is 0 Å². The average Bonchev–Trinajstić information content (AvgIpc) is 2.40. The normalized spacial score (nSPS) is 39.9. The first-order chi connectivity index (χ1) is 8.42. The van der Waals surface area contributed by atoms with Gasteiger partial charge in [0.15, 0.2) is 0 Å². The summed E-state index contributed by atoms with van der Waals surface area (Å²) in [6, 6.07) is 0. The Labute approximate surface area is 106 Å². The molecule has 0 spiro atoms. The van der Waals surface area contributed by atoms with Gasteiger partial charge in [-0.2, -0.15) is 0 Å². The Kier molecular flexibility index (Phi) is 4.02. The van der Waals surface area contributed by atoms with E-state index in [0.29, 0.717) is 0 Å². The minimum absolute atomic E-state index is 0.934. The van der Waals surface area contributed by atoms with Crippen molar-refractivity contribution >= 4 is 0 Å². The third kappa shape index (κ3) is 3.03. The first kappa shape index (κ1) is 12.0. The number of rotatable bonds is 2. The second-order valence-electron chi connectivity index (χ2n) is 6.57. The topological polar surface area (TPSA) is 15.3 Å². The highest BCUT2D eigenvalue weighted by Gasteiger charge is 2.31. The van der Waals surface area contributed by atoms with Gasteiger partial charge in [0.2, 0.25) is 0 Å². The number of piperidine rings is 2. The maximum absolute atomic E-state index is 3.55. The van der Waals surface area contributed by atoms with Crippen molar-refractivity contribution < 1.29 is 0 Å². The number of nitrogens with zero attached hydrogens (tertiary/aromatic N) is 1. The van der Waals surface area contributed by atoms with Gasteiger partial charge in [-0.25, -0.2) is 0 Å². The number of nitrogens with one attached hydrogen (secondary N) is 1. The largest absolute Gasteiger partial charge is 0.316 e. The molecule has 17 heavy (non-hydrogen) atoms. The molecule has 0 radical (unpaired) electrons. The molecule has 0 amide bonds. The van der Waals surface area contributed by atoms with Gasteiger partial charge in [0.1, 0.15) is 0 Å². The summed E-state index contributed by atoms with van der Waals surface area (Å²) >= 11 is 0. The van der Waals surface area contributed by atoms with Crippen molar-refractivity contribution in [2.24, 2.45) is 17.8 Å². The monoisotopic (exact) mass is 236 g/mol. The molecule has 0 bridgehead atoms. The van der Waals surface area contributed by atoms with Crippen molar-refractivity contribution in [2.75, 3.05) is 32.7 Å². The number of hydrogen-bond acceptors (Lipinski definition) is 2. The molecule has 1 saturated carbocycles. The van der Waals surface area contributed by atoms with Gasteiger partial charge in [0, 0.05) is 13.1 Å². The van der Waals surface area contributed by atoms with Crippen LogP contribution in [0.1, 0.15) is 44.9 Å². The summed E-state index contributed by atoms with van der Waals surface area (Å²) in [6.45, 7) is 6.70. The molecule has 1 aliphatic carbocycles. The van der Waals surface area contributed by atoms with Crippen molar-refractivity contribution in [3.05, 3.63) is 0 Å². The number of fused-ring (bicyclic) bond motifs is 1.